The number of hydrogen-bond donors (Lipinski definition) is 1. The lowest BCUT2D eigenvalue weighted by atomic mass is 10.2. The molecule has 0 atom stereocenters. The molecule has 2 heteroatoms. The van der Waals surface area contributed by atoms with Gasteiger partial charge in [-0.1, -0.05) is 65.2 Å². The van der Waals surface area contributed by atoms with E-state index in [1.165, 1.54) is 32.6 Å². The Hall–Kier alpha value is -2.89. The summed E-state index contributed by atoms with van der Waals surface area (Å²) in [5.41, 5.74) is 3.70. The lowest BCUT2D eigenvalue weighted by Crippen LogP contribution is -2.38. The maximum atomic E-state index is 11.0. The second kappa shape index (κ2) is 7.85. The van der Waals surface area contributed by atoms with Crippen LogP contribution in [-0.4, -0.2) is 5.11 Å². The van der Waals surface area contributed by atoms with Gasteiger partial charge in [-0.25, -0.2) is 0 Å². The lowest BCUT2D eigenvalue weighted by Gasteiger charge is -2.28. The van der Waals surface area contributed by atoms with Crippen LogP contribution in [0.5, 0.6) is 5.75 Å². The van der Waals surface area contributed by atoms with Gasteiger partial charge in [-0.2, -0.15) is 0 Å². The average Bonchev–Trinajstić information content (AvgIpc) is 2.73. The minimum absolute atomic E-state index is 0.350. The Bertz CT molecular complexity index is 1000. The largest absolute Gasteiger partial charge is 0.504 e. The van der Waals surface area contributed by atoms with Crippen molar-refractivity contribution in [2.75, 3.05) is 0 Å². The van der Waals surface area contributed by atoms with E-state index in [1.807, 2.05) is 12.1 Å². The summed E-state index contributed by atoms with van der Waals surface area (Å²) in [4.78, 5) is 0. The molecule has 0 saturated heterocycles. The molecule has 1 N–H and O–H groups in total. The molecule has 0 amide bonds. The van der Waals surface area contributed by atoms with Crippen molar-refractivity contribution in [3.8, 4) is 5.75 Å². The van der Waals surface area contributed by atoms with E-state index in [-0.39, 0.29) is 0 Å². The number of hydrogen-bond acceptors (Lipinski definition) is 1. The number of para-hydroxylation sites is 1. The van der Waals surface area contributed by atoms with Gasteiger partial charge in [0.25, 0.3) is 0 Å². The predicted octanol–water partition coefficient (Wildman–Crippen LogP) is 4.94. The zero-order chi connectivity index (χ0) is 20.4. The van der Waals surface area contributed by atoms with Crippen LogP contribution in [0.4, 0.5) is 0 Å². The first-order chi connectivity index (χ1) is 14.0. The van der Waals surface area contributed by atoms with Crippen molar-refractivity contribution < 1.29 is 5.11 Å². The Labute approximate surface area is 174 Å². The molecule has 4 aromatic rings. The molecule has 0 aliphatic carbocycles. The summed E-state index contributed by atoms with van der Waals surface area (Å²) < 4.78 is 0. The van der Waals surface area contributed by atoms with E-state index in [0.717, 1.165) is 5.30 Å². The second-order valence-corrected chi connectivity index (χ2v) is 11.0. The third-order valence-corrected chi connectivity index (χ3v) is 9.83. The van der Waals surface area contributed by atoms with Crippen molar-refractivity contribution in [3.05, 3.63) is 114 Å². The van der Waals surface area contributed by atoms with E-state index in [1.54, 1.807) is 6.07 Å². The highest BCUT2D eigenvalue weighted by Gasteiger charge is 2.49. The summed E-state index contributed by atoms with van der Waals surface area (Å²) >= 11 is 0. The van der Waals surface area contributed by atoms with Gasteiger partial charge in [0.1, 0.15) is 23.2 Å². The maximum Gasteiger partial charge on any atom is 0.159 e. The van der Waals surface area contributed by atoms with Gasteiger partial charge in [0.15, 0.2) is 11.1 Å². The Morgan fingerprint density at radius 3 is 1.17 bits per heavy atom. The Morgan fingerprint density at radius 1 is 0.483 bits per heavy atom. The molecule has 0 fully saturated rings. The van der Waals surface area contributed by atoms with Crippen molar-refractivity contribution in [2.24, 2.45) is 0 Å². The SMILES string of the molecule is Cc1ccc([P+](c2ccc(C)cc2)(c2ccc(C)cc2)c2ccccc2O)cc1. The molecule has 0 spiro atoms. The molecule has 0 aromatic heterocycles. The minimum Gasteiger partial charge on any atom is -0.504 e. The first kappa shape index (κ1) is 19.4. The molecule has 0 heterocycles. The van der Waals surface area contributed by atoms with Crippen LogP contribution in [0.25, 0.3) is 0 Å². The number of rotatable bonds is 4. The molecule has 0 aliphatic heterocycles. The molecule has 29 heavy (non-hydrogen) atoms. The quantitative estimate of drug-likeness (QED) is 0.484. The lowest BCUT2D eigenvalue weighted by molar-refractivity contribution is 0.479. The van der Waals surface area contributed by atoms with Crippen LogP contribution in [0.2, 0.25) is 0 Å². The zero-order valence-electron chi connectivity index (χ0n) is 17.1. The van der Waals surface area contributed by atoms with Crippen molar-refractivity contribution in [1.29, 1.82) is 0 Å². The molecule has 1 nitrogen and oxygen atoms in total. The van der Waals surface area contributed by atoms with Gasteiger partial charge in [0.05, 0.1) is 0 Å². The van der Waals surface area contributed by atoms with Gasteiger partial charge in [-0.15, -0.1) is 0 Å². The van der Waals surface area contributed by atoms with Gasteiger partial charge in [-0.3, -0.25) is 0 Å². The van der Waals surface area contributed by atoms with E-state index < -0.39 is 7.26 Å². The number of phenols is 1. The molecule has 0 saturated carbocycles. The molecule has 0 aliphatic rings. The summed E-state index contributed by atoms with van der Waals surface area (Å²) in [7, 11) is -2.25. The van der Waals surface area contributed by atoms with Crippen molar-refractivity contribution in [3.63, 3.8) is 0 Å². The maximum absolute atomic E-state index is 11.0. The van der Waals surface area contributed by atoms with E-state index in [9.17, 15) is 5.11 Å². The molecule has 0 bridgehead atoms. The third-order valence-electron chi connectivity index (χ3n) is 5.51. The Balaban J connectivity index is 2.15. The monoisotopic (exact) mass is 397 g/mol. The van der Waals surface area contributed by atoms with Crippen LogP contribution in [0.3, 0.4) is 0 Å². The zero-order valence-corrected chi connectivity index (χ0v) is 18.0. The highest BCUT2D eigenvalue weighted by atomic mass is 31.2. The summed E-state index contributed by atoms with van der Waals surface area (Å²) in [6.45, 7) is 6.34. The van der Waals surface area contributed by atoms with Gasteiger partial charge in [0, 0.05) is 0 Å². The fourth-order valence-corrected chi connectivity index (χ4v) is 8.16. The Morgan fingerprint density at radius 2 is 0.828 bits per heavy atom. The predicted molar refractivity (Wildman–Crippen MR) is 127 cm³/mol. The normalized spacial score (nSPS) is 11.4. The van der Waals surface area contributed by atoms with Gasteiger partial charge in [0.2, 0.25) is 0 Å². The van der Waals surface area contributed by atoms with Crippen molar-refractivity contribution >= 4 is 28.5 Å². The van der Waals surface area contributed by atoms with Crippen LogP contribution in [0, 0.1) is 20.8 Å². The summed E-state index contributed by atoms with van der Waals surface area (Å²) in [6.07, 6.45) is 0. The van der Waals surface area contributed by atoms with E-state index >= 15 is 0 Å². The third kappa shape index (κ3) is 3.48. The molecular weight excluding hydrogens is 371 g/mol. The van der Waals surface area contributed by atoms with Crippen molar-refractivity contribution in [1.82, 2.24) is 0 Å². The van der Waals surface area contributed by atoms with E-state index in [4.69, 9.17) is 0 Å². The molecule has 144 valence electrons. The van der Waals surface area contributed by atoms with Gasteiger partial charge >= 0.3 is 0 Å². The summed E-state index contributed by atoms with van der Waals surface area (Å²) in [6, 6.07) is 34.2. The van der Waals surface area contributed by atoms with Gasteiger partial charge < -0.3 is 5.11 Å². The van der Waals surface area contributed by atoms with Crippen LogP contribution in [-0.2, 0) is 0 Å². The molecule has 4 rings (SSSR count). The first-order valence-electron chi connectivity index (χ1n) is 9.91. The van der Waals surface area contributed by atoms with Crippen LogP contribution < -0.4 is 21.2 Å². The van der Waals surface area contributed by atoms with Crippen LogP contribution in [0.15, 0.2) is 97.1 Å². The number of benzene rings is 4. The van der Waals surface area contributed by atoms with Crippen molar-refractivity contribution in [2.45, 2.75) is 20.8 Å². The number of aromatic hydroxyl groups is 1. The number of phenolic OH excluding ortho intramolecular Hbond substituents is 1. The molecule has 0 unspecified atom stereocenters. The molecular formula is C27H26OP+. The van der Waals surface area contributed by atoms with Gasteiger partial charge in [-0.05, 0) is 69.3 Å². The topological polar surface area (TPSA) is 20.2 Å². The Kier molecular flexibility index (Phi) is 5.26. The standard InChI is InChI=1S/C27H25OP/c1-20-8-14-23(15-9-20)29(24-16-10-21(2)11-17-24,25-18-12-22(3)13-19-25)27-7-5-4-6-26(27)28/h4-19H,1-3H3/p+1. The number of aryl methyl sites for hydroxylation is 3. The summed E-state index contributed by atoms with van der Waals surface area (Å²) in [5.74, 6) is 0.350. The molecule has 0 radical (unpaired) electrons. The van der Waals surface area contributed by atoms with Crippen LogP contribution >= 0.6 is 7.26 Å². The smallest absolute Gasteiger partial charge is 0.159 e. The van der Waals surface area contributed by atoms with Crippen LogP contribution in [0.1, 0.15) is 16.7 Å². The highest BCUT2D eigenvalue weighted by molar-refractivity contribution is 8.01. The second-order valence-electron chi connectivity index (χ2n) is 7.67. The van der Waals surface area contributed by atoms with E-state index in [2.05, 4.69) is 99.6 Å². The average molecular weight is 397 g/mol. The first-order valence-corrected chi connectivity index (χ1v) is 11.7. The molecule has 4 aromatic carbocycles. The fraction of sp³-hybridized carbons (Fsp3) is 0.111. The fourth-order valence-electron chi connectivity index (χ4n) is 3.92. The van der Waals surface area contributed by atoms with E-state index in [0.29, 0.717) is 5.75 Å². The summed E-state index contributed by atoms with van der Waals surface area (Å²) in [5, 5.41) is 15.8. The minimum atomic E-state index is -2.25. The highest BCUT2D eigenvalue weighted by Crippen LogP contribution is 2.56.